The SMILES string of the molecule is C[C@@]1(CC(=O)O)C[C@H](c2cccc(Cl)c2)[C@H](C[C@@](c2ccc(Cl)cc2)(C2CC2)N(Cc2cccnc2)[SH](=O)=O)NC1=O. The number of nitrogens with zero attached hydrogens (tertiary/aromatic N) is 2. The number of hydrogen-bond acceptors (Lipinski definition) is 5. The number of halogens is 2. The van der Waals surface area contributed by atoms with Crippen molar-refractivity contribution >= 4 is 46.0 Å². The third-order valence-electron chi connectivity index (χ3n) is 8.68. The molecule has 1 saturated heterocycles. The zero-order chi connectivity index (χ0) is 30.1. The molecule has 8 nitrogen and oxygen atoms in total. The lowest BCUT2D eigenvalue weighted by Gasteiger charge is -2.48. The molecule has 2 aliphatic rings. The van der Waals surface area contributed by atoms with E-state index in [1.807, 2.05) is 36.4 Å². The highest BCUT2D eigenvalue weighted by molar-refractivity contribution is 7.69. The van der Waals surface area contributed by atoms with Gasteiger partial charge >= 0.3 is 5.97 Å². The first-order valence-electron chi connectivity index (χ1n) is 13.9. The highest BCUT2D eigenvalue weighted by atomic mass is 35.5. The Hall–Kier alpha value is -2.98. The zero-order valence-electron chi connectivity index (χ0n) is 23.1. The molecule has 3 aromatic rings. The van der Waals surface area contributed by atoms with Gasteiger partial charge < -0.3 is 10.4 Å². The van der Waals surface area contributed by atoms with Crippen LogP contribution in [0.1, 0.15) is 61.6 Å². The van der Waals surface area contributed by atoms with E-state index in [2.05, 4.69) is 10.3 Å². The lowest BCUT2D eigenvalue weighted by atomic mass is 9.66. The number of carboxylic acid groups (broad SMARTS) is 1. The van der Waals surface area contributed by atoms with Crippen molar-refractivity contribution in [2.75, 3.05) is 0 Å². The van der Waals surface area contributed by atoms with Gasteiger partial charge in [0.2, 0.25) is 16.8 Å². The van der Waals surface area contributed by atoms with Crippen molar-refractivity contribution in [1.29, 1.82) is 0 Å². The number of nitrogens with one attached hydrogen (secondary N) is 1. The number of aliphatic carboxylic acids is 1. The molecule has 2 aromatic carbocycles. The van der Waals surface area contributed by atoms with Gasteiger partial charge in [-0.15, -0.1) is 0 Å². The van der Waals surface area contributed by atoms with Crippen LogP contribution in [0, 0.1) is 11.3 Å². The number of amides is 1. The van der Waals surface area contributed by atoms with Gasteiger partial charge in [0.05, 0.1) is 17.4 Å². The summed E-state index contributed by atoms with van der Waals surface area (Å²) < 4.78 is 27.9. The molecule has 222 valence electrons. The van der Waals surface area contributed by atoms with Crippen molar-refractivity contribution in [2.24, 2.45) is 11.3 Å². The van der Waals surface area contributed by atoms with Crippen molar-refractivity contribution in [3.8, 4) is 0 Å². The minimum atomic E-state index is -3.08. The molecule has 0 radical (unpaired) electrons. The molecule has 2 N–H and O–H groups in total. The van der Waals surface area contributed by atoms with Crippen molar-refractivity contribution < 1.29 is 23.1 Å². The molecule has 4 atom stereocenters. The standard InChI is InChI=1S/C31H33Cl2N3O5S/c1-30(17-28(37)38)15-26(21-5-2-6-25(33)14-21)27(35-29(30)39)16-31(22-7-8-22,23-9-11-24(32)12-10-23)36(42(40)41)19-20-4-3-13-34-18-20/h2-6,9-14,18,22,26-27,42H,7-8,15-17,19H2,1H3,(H,35,39)(H,37,38)/t26-,27+,30+,31+/m1/s1. The summed E-state index contributed by atoms with van der Waals surface area (Å²) in [7, 11) is -3.08. The van der Waals surface area contributed by atoms with E-state index < -0.39 is 33.9 Å². The van der Waals surface area contributed by atoms with Crippen LogP contribution in [0.3, 0.4) is 0 Å². The maximum atomic E-state index is 13.6. The van der Waals surface area contributed by atoms with E-state index >= 15 is 0 Å². The van der Waals surface area contributed by atoms with Gasteiger partial charge in [0, 0.05) is 40.9 Å². The molecular formula is C31H33Cl2N3O5S. The minimum Gasteiger partial charge on any atom is -0.481 e. The number of piperidine rings is 1. The summed E-state index contributed by atoms with van der Waals surface area (Å²) in [5.74, 6) is -1.75. The van der Waals surface area contributed by atoms with E-state index in [4.69, 9.17) is 23.2 Å². The average molecular weight is 631 g/mol. The van der Waals surface area contributed by atoms with Gasteiger partial charge in [0.15, 0.2) is 0 Å². The predicted octanol–water partition coefficient (Wildman–Crippen LogP) is 5.57. The number of rotatable bonds is 11. The van der Waals surface area contributed by atoms with Crippen molar-refractivity contribution in [1.82, 2.24) is 14.6 Å². The van der Waals surface area contributed by atoms with Crippen LogP contribution < -0.4 is 5.32 Å². The number of hydrogen-bond donors (Lipinski definition) is 3. The Labute approximate surface area is 257 Å². The summed E-state index contributed by atoms with van der Waals surface area (Å²) >= 11 is 12.7. The van der Waals surface area contributed by atoms with Gasteiger partial charge in [-0.3, -0.25) is 14.6 Å². The maximum Gasteiger partial charge on any atom is 0.304 e. The fourth-order valence-corrected chi connectivity index (χ4v) is 7.81. The Bertz CT molecular complexity index is 1530. The van der Waals surface area contributed by atoms with E-state index in [-0.39, 0.29) is 43.6 Å². The van der Waals surface area contributed by atoms with E-state index in [0.29, 0.717) is 10.0 Å². The molecule has 0 bridgehead atoms. The lowest BCUT2D eigenvalue weighted by molar-refractivity contribution is -0.147. The molecule has 5 rings (SSSR count). The molecule has 42 heavy (non-hydrogen) atoms. The number of benzene rings is 2. The first-order chi connectivity index (χ1) is 20.0. The minimum absolute atomic E-state index is 0.00695. The molecule has 11 heteroatoms. The van der Waals surface area contributed by atoms with Gasteiger partial charge in [-0.05, 0) is 78.6 Å². The van der Waals surface area contributed by atoms with Crippen LogP contribution >= 0.6 is 23.2 Å². The summed E-state index contributed by atoms with van der Waals surface area (Å²) in [6.45, 7) is 1.77. The molecule has 0 spiro atoms. The maximum absolute atomic E-state index is 13.6. The molecule has 2 heterocycles. The van der Waals surface area contributed by atoms with Crippen molar-refractivity contribution in [2.45, 2.75) is 63.1 Å². The highest BCUT2D eigenvalue weighted by Crippen LogP contribution is 2.55. The van der Waals surface area contributed by atoms with Gasteiger partial charge in [-0.2, -0.15) is 4.31 Å². The number of pyridine rings is 1. The summed E-state index contributed by atoms with van der Waals surface area (Å²) in [5.41, 5.74) is 0.219. The molecule has 1 aliphatic carbocycles. The second-order valence-electron chi connectivity index (χ2n) is 11.6. The molecule has 0 unspecified atom stereocenters. The third kappa shape index (κ3) is 6.34. The Balaban J connectivity index is 1.65. The smallest absolute Gasteiger partial charge is 0.304 e. The lowest BCUT2D eigenvalue weighted by Crippen LogP contribution is -2.58. The zero-order valence-corrected chi connectivity index (χ0v) is 25.5. The fraction of sp³-hybridized carbons (Fsp3) is 0.387. The highest BCUT2D eigenvalue weighted by Gasteiger charge is 2.55. The first-order valence-corrected chi connectivity index (χ1v) is 15.8. The van der Waals surface area contributed by atoms with E-state index in [1.165, 1.54) is 4.31 Å². The second kappa shape index (κ2) is 12.3. The van der Waals surface area contributed by atoms with Gasteiger partial charge in [0.25, 0.3) is 0 Å². The molecule has 1 saturated carbocycles. The molecular weight excluding hydrogens is 597 g/mol. The van der Waals surface area contributed by atoms with Crippen LogP contribution in [0.5, 0.6) is 0 Å². The van der Waals surface area contributed by atoms with E-state index in [0.717, 1.165) is 29.5 Å². The monoisotopic (exact) mass is 629 g/mol. The fourth-order valence-electron chi connectivity index (χ4n) is 6.56. The third-order valence-corrected chi connectivity index (χ3v) is 10.1. The number of aromatic nitrogens is 1. The van der Waals surface area contributed by atoms with Gasteiger partial charge in [-0.25, -0.2) is 8.42 Å². The van der Waals surface area contributed by atoms with Gasteiger partial charge in [0.1, 0.15) is 0 Å². The van der Waals surface area contributed by atoms with Crippen LogP contribution in [0.4, 0.5) is 0 Å². The van der Waals surface area contributed by atoms with Crippen LogP contribution in [0.25, 0.3) is 0 Å². The Kier molecular flexibility index (Phi) is 8.94. The molecule has 2 fully saturated rings. The van der Waals surface area contributed by atoms with E-state index in [9.17, 15) is 23.1 Å². The summed E-state index contributed by atoms with van der Waals surface area (Å²) in [6, 6.07) is 17.7. The molecule has 1 aliphatic heterocycles. The first kappa shape index (κ1) is 30.5. The number of carboxylic acids is 1. The number of carbonyl (C=O) groups excluding carboxylic acids is 1. The number of thiol groups is 1. The van der Waals surface area contributed by atoms with Crippen LogP contribution in [0.15, 0.2) is 73.1 Å². The summed E-state index contributed by atoms with van der Waals surface area (Å²) in [6.07, 6.45) is 5.13. The predicted molar refractivity (Wildman–Crippen MR) is 162 cm³/mol. The van der Waals surface area contributed by atoms with Gasteiger partial charge in [-0.1, -0.05) is 60.5 Å². The summed E-state index contributed by atoms with van der Waals surface area (Å²) in [5, 5.41) is 13.8. The van der Waals surface area contributed by atoms with Crippen LogP contribution in [0.2, 0.25) is 10.0 Å². The Morgan fingerprint density at radius 2 is 1.86 bits per heavy atom. The molecule has 1 amide bonds. The topological polar surface area (TPSA) is 117 Å². The normalized spacial score (nSPS) is 23.9. The van der Waals surface area contributed by atoms with Crippen LogP contribution in [-0.2, 0) is 32.6 Å². The number of carbonyl (C=O) groups is 2. The Morgan fingerprint density at radius 3 is 2.45 bits per heavy atom. The molecule has 1 aromatic heterocycles. The van der Waals surface area contributed by atoms with Crippen LogP contribution in [-0.4, -0.2) is 40.7 Å². The van der Waals surface area contributed by atoms with Crippen molar-refractivity contribution in [3.05, 3.63) is 99.8 Å². The second-order valence-corrected chi connectivity index (χ2v) is 13.5. The largest absolute Gasteiger partial charge is 0.481 e. The summed E-state index contributed by atoms with van der Waals surface area (Å²) in [4.78, 5) is 29.6. The Morgan fingerprint density at radius 1 is 1.12 bits per heavy atom. The average Bonchev–Trinajstić information content (AvgIpc) is 3.79. The van der Waals surface area contributed by atoms with Crippen molar-refractivity contribution in [3.63, 3.8) is 0 Å². The quantitative estimate of drug-likeness (QED) is 0.239. The van der Waals surface area contributed by atoms with E-state index in [1.54, 1.807) is 43.6 Å².